The van der Waals surface area contributed by atoms with Crippen LogP contribution in [0.2, 0.25) is 0 Å². The fraction of sp³-hybridized carbons (Fsp3) is 0. The van der Waals surface area contributed by atoms with E-state index in [0.717, 1.165) is 5.69 Å². The van der Waals surface area contributed by atoms with Crippen molar-refractivity contribution in [1.82, 2.24) is 13.5 Å². The Morgan fingerprint density at radius 2 is 0.551 bits per heavy atom. The normalized spacial score (nSPS) is 12.3. The Morgan fingerprint density at radius 3 is 1.12 bits per heavy atom. The van der Waals surface area contributed by atoms with Gasteiger partial charge in [0.15, 0.2) is 0 Å². The number of aromatic nitrogens is 3. The summed E-state index contributed by atoms with van der Waals surface area (Å²) in [6.45, 7) is 0. The van der Waals surface area contributed by atoms with Gasteiger partial charge in [0.25, 0.3) is 0 Å². The van der Waals surface area contributed by atoms with E-state index in [-0.39, 0.29) is 0 Å². The molecule has 0 aliphatic rings. The lowest BCUT2D eigenvalue weighted by Crippen LogP contribution is -1.94. The summed E-state index contributed by atoms with van der Waals surface area (Å²) in [5, 5.41) is 17.8. The van der Waals surface area contributed by atoms with Gasteiger partial charge in [-0.1, -0.05) is 146 Å². The van der Waals surface area contributed by atoms with Gasteiger partial charge >= 0.3 is 0 Å². The molecule has 0 radical (unpaired) electrons. The molecule has 0 bridgehead atoms. The molecule has 0 aliphatic heterocycles. The molecular weight excluding hydrogens is 835 g/mol. The minimum atomic E-state index is 1.16. The molecule has 0 aliphatic carbocycles. The summed E-state index contributed by atoms with van der Waals surface area (Å²) in [6, 6.07) is 88.1. The fourth-order valence-corrected chi connectivity index (χ4v) is 12.3. The van der Waals surface area contributed by atoms with Crippen LogP contribution in [0.5, 0.6) is 0 Å². The highest BCUT2D eigenvalue weighted by atomic mass is 15.0. The van der Waals surface area contributed by atoms with Crippen molar-refractivity contribution < 1.29 is 0 Å². The minimum absolute atomic E-state index is 1.16. The molecule has 4 aromatic heterocycles. The first-order valence-corrected chi connectivity index (χ1v) is 23.9. The molecule has 0 saturated heterocycles. The molecule has 0 spiro atoms. The van der Waals surface area contributed by atoms with Gasteiger partial charge < -0.3 is 13.5 Å². The smallest absolute Gasteiger partial charge is 0.0620 e. The predicted molar refractivity (Wildman–Crippen MR) is 293 cm³/mol. The number of rotatable bonds is 4. The van der Waals surface area contributed by atoms with Crippen LogP contribution in [0.15, 0.2) is 237 Å². The topological polar surface area (TPSA) is 14.3 Å². The van der Waals surface area contributed by atoms with Crippen LogP contribution in [0.25, 0.3) is 148 Å². The van der Waals surface area contributed by atoms with Gasteiger partial charge in [0.1, 0.15) is 0 Å². The molecule has 0 amide bonds. The van der Waals surface area contributed by atoms with E-state index < -0.39 is 0 Å². The van der Waals surface area contributed by atoms with E-state index in [9.17, 15) is 0 Å². The van der Waals surface area contributed by atoms with E-state index in [0.29, 0.717) is 0 Å². The lowest BCUT2D eigenvalue weighted by Gasteiger charge is -2.15. The van der Waals surface area contributed by atoms with Gasteiger partial charge in [0.2, 0.25) is 0 Å². The van der Waals surface area contributed by atoms with Crippen LogP contribution >= 0.6 is 0 Å². The highest BCUT2D eigenvalue weighted by Crippen LogP contribution is 2.45. The highest BCUT2D eigenvalue weighted by Gasteiger charge is 2.21. The van der Waals surface area contributed by atoms with Gasteiger partial charge in [-0.05, 0) is 146 Å². The van der Waals surface area contributed by atoms with E-state index in [1.54, 1.807) is 0 Å². The Kier molecular flexibility index (Phi) is 7.34. The van der Waals surface area contributed by atoms with Crippen molar-refractivity contribution in [3.8, 4) is 33.6 Å². The molecule has 16 rings (SSSR count). The lowest BCUT2D eigenvalue weighted by atomic mass is 9.91. The Morgan fingerprint density at radius 1 is 0.188 bits per heavy atom. The van der Waals surface area contributed by atoms with Crippen LogP contribution in [-0.4, -0.2) is 13.5 Å². The van der Waals surface area contributed by atoms with E-state index in [1.807, 2.05) is 0 Å². The van der Waals surface area contributed by atoms with Gasteiger partial charge in [-0.2, -0.15) is 0 Å². The number of hydrogen-bond acceptors (Lipinski definition) is 0. The van der Waals surface area contributed by atoms with Crippen LogP contribution in [0.4, 0.5) is 0 Å². The maximum absolute atomic E-state index is 2.46. The summed E-state index contributed by atoms with van der Waals surface area (Å²) in [4.78, 5) is 0. The maximum atomic E-state index is 2.46. The quantitative estimate of drug-likeness (QED) is 0.156. The highest BCUT2D eigenvalue weighted by molar-refractivity contribution is 6.28. The van der Waals surface area contributed by atoms with E-state index >= 15 is 0 Å². The molecule has 318 valence electrons. The second kappa shape index (κ2) is 13.7. The second-order valence-corrected chi connectivity index (χ2v) is 18.8. The predicted octanol–water partition coefficient (Wildman–Crippen LogP) is 17.8. The summed E-state index contributed by atoms with van der Waals surface area (Å²) < 4.78 is 7.30. The summed E-state index contributed by atoms with van der Waals surface area (Å²) in [5.41, 5.74) is 15.9. The largest absolute Gasteiger partial charge is 0.309 e. The Labute approximate surface area is 395 Å². The molecule has 0 saturated carbocycles. The van der Waals surface area contributed by atoms with Crippen LogP contribution in [-0.2, 0) is 0 Å². The van der Waals surface area contributed by atoms with Crippen molar-refractivity contribution in [1.29, 1.82) is 0 Å². The van der Waals surface area contributed by atoms with Gasteiger partial charge in [-0.15, -0.1) is 0 Å². The molecule has 3 heteroatoms. The number of nitrogens with zero attached hydrogens (tertiary/aromatic N) is 3. The third-order valence-corrected chi connectivity index (χ3v) is 15.3. The third-order valence-electron chi connectivity index (χ3n) is 15.3. The average molecular weight is 874 g/mol. The molecule has 0 N–H and O–H groups in total. The van der Waals surface area contributed by atoms with Crippen LogP contribution in [0.3, 0.4) is 0 Å². The fourth-order valence-electron chi connectivity index (χ4n) is 12.3. The molecule has 16 aromatic rings. The monoisotopic (exact) mass is 873 g/mol. The Bertz CT molecular complexity index is 4730. The summed E-state index contributed by atoms with van der Waals surface area (Å²) >= 11 is 0. The van der Waals surface area contributed by atoms with Gasteiger partial charge in [-0.3, -0.25) is 0 Å². The first kappa shape index (κ1) is 37.0. The first-order valence-electron chi connectivity index (χ1n) is 23.9. The second-order valence-electron chi connectivity index (χ2n) is 18.8. The third kappa shape index (κ3) is 5.06. The van der Waals surface area contributed by atoms with Crippen molar-refractivity contribution in [2.45, 2.75) is 0 Å². The average Bonchev–Trinajstić information content (AvgIpc) is 4.15. The van der Waals surface area contributed by atoms with Crippen molar-refractivity contribution in [3.63, 3.8) is 0 Å². The number of fused-ring (bicyclic) bond motifs is 18. The van der Waals surface area contributed by atoms with Crippen molar-refractivity contribution >= 4 is 114 Å². The lowest BCUT2D eigenvalue weighted by molar-refractivity contribution is 1.18. The van der Waals surface area contributed by atoms with Crippen LogP contribution in [0.1, 0.15) is 0 Å². The number of para-hydroxylation sites is 5. The first-order chi connectivity index (χ1) is 34.2. The SMILES string of the molecule is c1ccc(-n2c3ccccc3c3cc(-c4ccc5c(c4)c4ccccc4n5-c4ccc5c6ccc(-c7cc8c9ccccc9n9c%10ccccc%10c(c7)c89)cc6c6ccccc6c5c4)ccc32)cc1. The van der Waals surface area contributed by atoms with Crippen LogP contribution in [0, 0.1) is 0 Å². The van der Waals surface area contributed by atoms with Gasteiger partial charge in [0.05, 0.1) is 38.6 Å². The molecule has 3 nitrogen and oxygen atoms in total. The summed E-state index contributed by atoms with van der Waals surface area (Å²) in [5.74, 6) is 0. The van der Waals surface area contributed by atoms with E-state index in [4.69, 9.17) is 0 Å². The maximum Gasteiger partial charge on any atom is 0.0620 e. The van der Waals surface area contributed by atoms with Gasteiger partial charge in [0, 0.05) is 54.5 Å². The number of benzene rings is 12. The Balaban J connectivity index is 0.852. The van der Waals surface area contributed by atoms with E-state index in [2.05, 4.69) is 250 Å². The van der Waals surface area contributed by atoms with Crippen LogP contribution < -0.4 is 0 Å². The Hall–Kier alpha value is -9.18. The zero-order valence-electron chi connectivity index (χ0n) is 37.4. The molecule has 4 heterocycles. The zero-order valence-corrected chi connectivity index (χ0v) is 37.4. The minimum Gasteiger partial charge on any atom is -0.309 e. The molecule has 69 heavy (non-hydrogen) atoms. The molecule has 0 unspecified atom stereocenters. The summed E-state index contributed by atoms with van der Waals surface area (Å²) in [6.07, 6.45) is 0. The van der Waals surface area contributed by atoms with Gasteiger partial charge in [-0.25, -0.2) is 0 Å². The van der Waals surface area contributed by atoms with Crippen molar-refractivity contribution in [3.05, 3.63) is 237 Å². The summed E-state index contributed by atoms with van der Waals surface area (Å²) in [7, 11) is 0. The number of hydrogen-bond donors (Lipinski definition) is 0. The van der Waals surface area contributed by atoms with Crippen molar-refractivity contribution in [2.75, 3.05) is 0 Å². The van der Waals surface area contributed by atoms with Crippen molar-refractivity contribution in [2.24, 2.45) is 0 Å². The zero-order chi connectivity index (χ0) is 44.9. The molecule has 12 aromatic carbocycles. The molecular formula is C66H39N3. The molecule has 0 fully saturated rings. The van der Waals surface area contributed by atoms with E-state index in [1.165, 1.54) is 142 Å². The molecule has 0 atom stereocenters. The standard InChI is InChI=1S/C66H39N3/c1-2-14-44(15-3-1)67-60-22-10-6-18-50(60)56-35-40(27-32-64(56)67)41-28-33-65-57(36-41)51-19-7-11-23-61(51)68(65)45-29-31-49-48-30-26-42(34-54(48)46-16-4-5-17-47(46)55(49)39-45)43-37-58-52-20-8-12-24-62(52)69-63-25-13-9-21-53(63)59(38-43)66(58)69/h1-39H.